The van der Waals surface area contributed by atoms with E-state index in [4.69, 9.17) is 67.4 Å². The third-order valence-corrected chi connectivity index (χ3v) is 21.8. The number of esters is 1. The fourth-order valence-corrected chi connectivity index (χ4v) is 16.3. The topological polar surface area (TPSA) is 347 Å². The molecule has 12 rings (SSSR count). The summed E-state index contributed by atoms with van der Waals surface area (Å²) in [4.78, 5) is 120. The molecule has 11 heterocycles. The quantitative estimate of drug-likeness (QED) is 0.0321. The number of nitrogens with one attached hydrogen (secondary N) is 2. The number of carbonyl (C=O) groups is 9. The van der Waals surface area contributed by atoms with Crippen LogP contribution in [0.15, 0.2) is 60.7 Å². The van der Waals surface area contributed by atoms with Gasteiger partial charge in [-0.25, -0.2) is 9.59 Å². The lowest BCUT2D eigenvalue weighted by atomic mass is 9.81. The molecule has 1 spiro atoms. The molecule has 0 aliphatic carbocycles. The number of methoxy groups -OCH3 is 1. The maximum Gasteiger partial charge on any atom is 0.335 e. The Kier molecular flexibility index (Phi) is 26.0. The van der Waals surface area contributed by atoms with Crippen LogP contribution in [-0.2, 0) is 113 Å². The third-order valence-electron chi connectivity index (χ3n) is 21.8. The largest absolute Gasteiger partial charge is 0.461 e. The summed E-state index contributed by atoms with van der Waals surface area (Å²) in [5.41, 5.74) is 8.60. The number of imide groups is 1. The first-order valence-corrected chi connectivity index (χ1v) is 36.4. The average Bonchev–Trinajstić information content (AvgIpc) is 1.55. The predicted octanol–water partition coefficient (Wildman–Crippen LogP) is 5.48. The zero-order chi connectivity index (χ0) is 71.6. The second-order valence-corrected chi connectivity index (χ2v) is 29.4. The van der Waals surface area contributed by atoms with E-state index in [-0.39, 0.29) is 194 Å². The molecule has 0 aromatic heterocycles. The van der Waals surface area contributed by atoms with Crippen molar-refractivity contribution in [3.63, 3.8) is 0 Å². The van der Waals surface area contributed by atoms with Crippen molar-refractivity contribution in [2.75, 3.05) is 40.1 Å². The van der Waals surface area contributed by atoms with Gasteiger partial charge in [0.1, 0.15) is 48.7 Å². The maximum absolute atomic E-state index is 14.6. The maximum atomic E-state index is 14.6. The highest BCUT2D eigenvalue weighted by atomic mass is 16.8. The van der Waals surface area contributed by atoms with Gasteiger partial charge in [0, 0.05) is 102 Å². The number of urea groups is 1. The molecule has 0 radical (unpaired) electrons. The molecule has 11 aliphatic heterocycles. The molecule has 12 bridgehead atoms. The number of ketones is 3. The fraction of sp³-hybridized carbons (Fsp3) is 0.716. The Labute approximate surface area is 589 Å². The van der Waals surface area contributed by atoms with Crippen LogP contribution in [0.2, 0.25) is 0 Å². The first-order chi connectivity index (χ1) is 48.5. The van der Waals surface area contributed by atoms with Crippen molar-refractivity contribution in [3.8, 4) is 0 Å². The van der Waals surface area contributed by atoms with Gasteiger partial charge in [0.2, 0.25) is 5.91 Å². The number of Topliss-reactive ketones (excluding diaryl/α,β-unsaturated/α-hetero) is 3. The summed E-state index contributed by atoms with van der Waals surface area (Å²) >= 11 is 0. The smallest absolute Gasteiger partial charge is 0.335 e. The van der Waals surface area contributed by atoms with Crippen molar-refractivity contribution in [1.82, 2.24) is 15.7 Å². The van der Waals surface area contributed by atoms with Gasteiger partial charge in [-0.2, -0.15) is 0 Å². The number of aliphatic hydroxyl groups is 1. The van der Waals surface area contributed by atoms with Crippen molar-refractivity contribution in [2.45, 2.75) is 272 Å². The summed E-state index contributed by atoms with van der Waals surface area (Å²) in [6.45, 7) is 15.0. The Bertz CT molecular complexity index is 3180. The minimum absolute atomic E-state index is 0.00273. The molecule has 556 valence electrons. The SMILES string of the molecule is C=C1C[C@@H]2CC[C@@]34CC5O[C@H]6[C@@H](O3)[C@H]3O[C@H](CC[C@@H]3O[C@H]6[C@H]5O4)CC(=O)CC3[C@H](C[C@H]4OC(CC[C@@H]1O2)C[C@@H](C)C4=C)O[C@H](C[C@H](O)CCC(=O)OCc1ccc(CC(=O)[C@H](CCCNC(N)=O)NC(=O)[C@@H](CC(=O)CCOCCOCCC(=O)ON2C(=O)C=CC2=O)C(C)C)cc1)[C@@H]3OC. The van der Waals surface area contributed by atoms with Crippen molar-refractivity contribution in [3.05, 3.63) is 71.8 Å². The molecule has 11 aliphatic rings. The number of nitrogens with two attached hydrogens (primary N) is 1. The van der Waals surface area contributed by atoms with Crippen LogP contribution in [0.1, 0.15) is 160 Å². The molecule has 1 aromatic rings. The van der Waals surface area contributed by atoms with Crippen LogP contribution in [0, 0.1) is 23.7 Å². The molecule has 101 heavy (non-hydrogen) atoms. The van der Waals surface area contributed by atoms with Crippen molar-refractivity contribution in [2.24, 2.45) is 29.4 Å². The molecule has 10 saturated heterocycles. The number of hydroxylamine groups is 2. The zero-order valence-electron chi connectivity index (χ0n) is 58.5. The van der Waals surface area contributed by atoms with E-state index in [9.17, 15) is 48.3 Å². The highest BCUT2D eigenvalue weighted by Gasteiger charge is 2.69. The van der Waals surface area contributed by atoms with Gasteiger partial charge in [0.25, 0.3) is 11.8 Å². The van der Waals surface area contributed by atoms with E-state index in [2.05, 4.69) is 30.7 Å². The van der Waals surface area contributed by atoms with Crippen LogP contribution < -0.4 is 16.4 Å². The Morgan fingerprint density at radius 2 is 1.42 bits per heavy atom. The molecule has 3 unspecified atom stereocenters. The normalized spacial score (nSPS) is 33.7. The Hall–Kier alpha value is -6.21. The number of hydrogen-bond donors (Lipinski definition) is 4. The van der Waals surface area contributed by atoms with E-state index in [1.807, 2.05) is 0 Å². The van der Waals surface area contributed by atoms with Gasteiger partial charge in [-0.3, -0.25) is 33.6 Å². The number of benzene rings is 1. The number of aliphatic hydroxyl groups excluding tert-OH is 1. The van der Waals surface area contributed by atoms with Gasteiger partial charge in [-0.1, -0.05) is 63.3 Å². The summed E-state index contributed by atoms with van der Waals surface area (Å²) in [5, 5.41) is 17.4. The molecular weight excluding hydrogens is 1310 g/mol. The number of rotatable bonds is 30. The Morgan fingerprint density at radius 1 is 0.723 bits per heavy atom. The number of hydrogen-bond acceptors (Lipinski definition) is 23. The van der Waals surface area contributed by atoms with Gasteiger partial charge >= 0.3 is 18.0 Å². The molecule has 27 nitrogen and oxygen atoms in total. The van der Waals surface area contributed by atoms with E-state index < -0.39 is 96.0 Å². The lowest BCUT2D eigenvalue weighted by Crippen LogP contribution is -2.61. The van der Waals surface area contributed by atoms with Crippen LogP contribution in [0.4, 0.5) is 4.79 Å². The number of primary amides is 1. The molecule has 5 amide bonds. The van der Waals surface area contributed by atoms with Gasteiger partial charge in [0.05, 0.1) is 106 Å². The summed E-state index contributed by atoms with van der Waals surface area (Å²) in [6.07, 6.45) is 3.65. The summed E-state index contributed by atoms with van der Waals surface area (Å²) in [7, 11) is 1.60. The summed E-state index contributed by atoms with van der Waals surface area (Å²) in [6, 6.07) is 5.22. The van der Waals surface area contributed by atoms with Gasteiger partial charge in [-0.05, 0) is 98.3 Å². The molecule has 0 saturated carbocycles. The van der Waals surface area contributed by atoms with E-state index in [1.165, 1.54) is 0 Å². The molecule has 1 aromatic carbocycles. The van der Waals surface area contributed by atoms with Crippen molar-refractivity contribution < 1.29 is 110 Å². The van der Waals surface area contributed by atoms with E-state index >= 15 is 0 Å². The van der Waals surface area contributed by atoms with Crippen molar-refractivity contribution in [1.29, 1.82) is 0 Å². The van der Waals surface area contributed by atoms with Crippen LogP contribution in [0.5, 0.6) is 0 Å². The van der Waals surface area contributed by atoms with Crippen LogP contribution in [0.3, 0.4) is 0 Å². The van der Waals surface area contributed by atoms with Gasteiger partial charge in [0.15, 0.2) is 11.6 Å². The zero-order valence-corrected chi connectivity index (χ0v) is 58.5. The highest BCUT2D eigenvalue weighted by molar-refractivity contribution is 6.12. The lowest BCUT2D eigenvalue weighted by molar-refractivity contribution is -0.292. The number of fused-ring (bicyclic) bond motifs is 6. The molecular formula is C74H102N4O23. The summed E-state index contributed by atoms with van der Waals surface area (Å²) < 4.78 is 77.5. The van der Waals surface area contributed by atoms with Gasteiger partial charge in [-0.15, -0.1) is 0 Å². The Balaban J connectivity index is 0.647. The summed E-state index contributed by atoms with van der Waals surface area (Å²) in [5.74, 6) is -6.04. The monoisotopic (exact) mass is 1410 g/mol. The fourth-order valence-electron chi connectivity index (χ4n) is 16.3. The molecule has 21 atom stereocenters. The van der Waals surface area contributed by atoms with E-state index in [0.29, 0.717) is 54.7 Å². The first-order valence-electron chi connectivity index (χ1n) is 36.4. The third kappa shape index (κ3) is 19.4. The minimum atomic E-state index is -0.992. The molecule has 27 heteroatoms. The number of ether oxygens (including phenoxy) is 12. The van der Waals surface area contributed by atoms with Crippen LogP contribution in [0.25, 0.3) is 0 Å². The standard InChI is InChI=1S/C74H102N4O23/c1-40(2)52(34-47(80)22-26-90-28-29-91-27-23-65(86)101-78-62(83)18-19-63(78)84)72(87)77-54(8-7-25-76-73(75)88)55(82)32-44-9-11-45(12-10-44)39-92-64(85)20-13-46(79)36-60-66(89-6)53-35-48(81)33-50-15-17-57-67(95-50)71-70-69(97-57)68-61(98-70)38-74(99-68,100-71)24-21-51-31-42(4)56(93-51)16-14-49-30-41(3)43(5)58(94-49)37-59(53)96-60/h9-12,18-19,40-41,46,49-54,56-61,66-71,79H,4-5,7-8,13-17,20-39H2,1-3,6H3,(H,77,87)(H3,75,76,88)/t41-,46-,49?,50-,51+,52+,53?,54+,56+,57+,58-,59+,60-,61?,66-,67+,68+,69+,70-,71+,74+/m1/s1. The van der Waals surface area contributed by atoms with E-state index in [0.717, 1.165) is 55.4 Å². The van der Waals surface area contributed by atoms with Crippen LogP contribution >= 0.6 is 0 Å². The average molecular weight is 1420 g/mol. The second kappa shape index (κ2) is 34.6. The first kappa shape index (κ1) is 75.9. The molecule has 10 fully saturated rings. The van der Waals surface area contributed by atoms with Crippen molar-refractivity contribution >= 4 is 53.0 Å². The Morgan fingerprint density at radius 3 is 2.16 bits per heavy atom. The number of nitrogens with zero attached hydrogens (tertiary/aromatic N) is 1. The minimum Gasteiger partial charge on any atom is -0.461 e. The molecule has 5 N–H and O–H groups in total. The lowest BCUT2D eigenvalue weighted by Gasteiger charge is -2.47. The predicted molar refractivity (Wildman–Crippen MR) is 356 cm³/mol. The van der Waals surface area contributed by atoms with Gasteiger partial charge < -0.3 is 83.2 Å². The van der Waals surface area contributed by atoms with Crippen LogP contribution in [-0.4, -0.2) is 213 Å². The number of amides is 5. The number of carbonyl (C=O) groups excluding carboxylic acids is 9. The van der Waals surface area contributed by atoms with E-state index in [1.54, 1.807) is 45.2 Å². The highest BCUT2D eigenvalue weighted by Crippen LogP contribution is 2.55. The second-order valence-electron chi connectivity index (χ2n) is 29.4.